The van der Waals surface area contributed by atoms with Gasteiger partial charge in [0.1, 0.15) is 5.82 Å². The van der Waals surface area contributed by atoms with Crippen molar-refractivity contribution in [2.75, 3.05) is 30.5 Å². The number of Topliss-reactive ketones (excluding diaryl/α,β-unsaturated/α-hetero) is 1. The molecule has 0 saturated carbocycles. The van der Waals surface area contributed by atoms with Gasteiger partial charge in [-0.1, -0.05) is 12.1 Å². The van der Waals surface area contributed by atoms with E-state index in [0.29, 0.717) is 0 Å². The molecule has 0 aromatic heterocycles. The van der Waals surface area contributed by atoms with Gasteiger partial charge < -0.3 is 14.8 Å². The minimum Gasteiger partial charge on any atom is -0.494 e. The van der Waals surface area contributed by atoms with Gasteiger partial charge in [-0.2, -0.15) is 0 Å². The number of thioether (sulfide) groups is 1. The lowest BCUT2D eigenvalue weighted by atomic mass is 10.1. The Morgan fingerprint density at radius 1 is 1.04 bits per heavy atom. The first-order chi connectivity index (χ1) is 13.4. The Balaban J connectivity index is 1.71. The molecule has 0 aliphatic heterocycles. The fourth-order valence-electron chi connectivity index (χ4n) is 2.09. The molecule has 148 valence electrons. The van der Waals surface area contributed by atoms with Crippen molar-refractivity contribution >= 4 is 35.1 Å². The fraction of sp³-hybridized carbons (Fsp3) is 0.211. The van der Waals surface area contributed by atoms with Gasteiger partial charge in [0.2, 0.25) is 5.91 Å². The highest BCUT2D eigenvalue weighted by Crippen LogP contribution is 2.18. The third-order valence-corrected chi connectivity index (χ3v) is 4.35. The van der Waals surface area contributed by atoms with Crippen LogP contribution < -0.4 is 10.1 Å². The number of carbonyl (C=O) groups excluding carboxylic acids is 3. The highest BCUT2D eigenvalue weighted by Gasteiger charge is 2.14. The minimum absolute atomic E-state index is 0.00129. The number of ether oxygens (including phenoxy) is 2. The summed E-state index contributed by atoms with van der Waals surface area (Å²) in [7, 11) is 1.30. The molecule has 0 fully saturated rings. The molecule has 0 unspecified atom stereocenters. The van der Waals surface area contributed by atoms with Crippen molar-refractivity contribution in [2.24, 2.45) is 0 Å². The van der Waals surface area contributed by atoms with Crippen LogP contribution in [0.25, 0.3) is 0 Å². The monoisotopic (exact) mass is 409 g/mol. The number of benzene rings is 2. The molecule has 28 heavy (non-hydrogen) atoms. The summed E-state index contributed by atoms with van der Waals surface area (Å²) in [4.78, 5) is 35.3. The van der Waals surface area contributed by atoms with Crippen molar-refractivity contribution in [3.05, 3.63) is 59.7 Å². The highest BCUT2D eigenvalue weighted by molar-refractivity contribution is 8.00. The van der Waals surface area contributed by atoms with Gasteiger partial charge in [0, 0.05) is 5.56 Å². The predicted octanol–water partition coefficient (Wildman–Crippen LogP) is 3.07. The fourth-order valence-corrected chi connectivity index (χ4v) is 2.70. The molecule has 0 saturated heterocycles. The summed E-state index contributed by atoms with van der Waals surface area (Å²) in [5, 5.41) is 2.38. The van der Waals surface area contributed by atoms with Crippen LogP contribution in [0.1, 0.15) is 10.4 Å². The van der Waals surface area contributed by atoms with E-state index >= 15 is 0 Å². The van der Waals surface area contributed by atoms with Crippen LogP contribution in [0, 0.1) is 11.6 Å². The van der Waals surface area contributed by atoms with Crippen molar-refractivity contribution in [1.82, 2.24) is 0 Å². The van der Waals surface area contributed by atoms with E-state index in [1.807, 2.05) is 0 Å². The number of para-hydroxylation sites is 1. The number of anilines is 1. The molecule has 1 amide bonds. The first-order valence-electron chi connectivity index (χ1n) is 8.05. The number of carbonyl (C=O) groups is 3. The number of esters is 1. The smallest absolute Gasteiger partial charge is 0.316 e. The molecule has 0 aliphatic rings. The van der Waals surface area contributed by atoms with Gasteiger partial charge in [-0.3, -0.25) is 14.4 Å². The molecule has 2 aromatic carbocycles. The van der Waals surface area contributed by atoms with E-state index < -0.39 is 35.9 Å². The average Bonchev–Trinajstić information content (AvgIpc) is 2.67. The zero-order valence-electron chi connectivity index (χ0n) is 14.9. The van der Waals surface area contributed by atoms with Crippen LogP contribution in [0.3, 0.4) is 0 Å². The van der Waals surface area contributed by atoms with Crippen molar-refractivity contribution in [3.63, 3.8) is 0 Å². The normalized spacial score (nSPS) is 10.2. The topological polar surface area (TPSA) is 81.7 Å². The van der Waals surface area contributed by atoms with Crippen molar-refractivity contribution in [3.8, 4) is 5.75 Å². The minimum atomic E-state index is -0.703. The number of nitrogens with one attached hydrogen (secondary N) is 1. The van der Waals surface area contributed by atoms with Crippen LogP contribution in [0.5, 0.6) is 5.75 Å². The first-order valence-corrected chi connectivity index (χ1v) is 9.20. The number of methoxy groups -OCH3 is 1. The second-order valence-corrected chi connectivity index (χ2v) is 6.44. The van der Waals surface area contributed by atoms with Crippen molar-refractivity contribution < 1.29 is 32.6 Å². The zero-order valence-corrected chi connectivity index (χ0v) is 15.7. The summed E-state index contributed by atoms with van der Waals surface area (Å²) in [6, 6.07) is 9.36. The summed E-state index contributed by atoms with van der Waals surface area (Å²) in [5.74, 6) is -3.28. The number of ketones is 1. The summed E-state index contributed by atoms with van der Waals surface area (Å²) < 4.78 is 36.6. The number of hydrogen-bond acceptors (Lipinski definition) is 6. The van der Waals surface area contributed by atoms with Crippen molar-refractivity contribution in [1.29, 1.82) is 0 Å². The second-order valence-electron chi connectivity index (χ2n) is 5.45. The highest BCUT2D eigenvalue weighted by atomic mass is 32.2. The number of hydrogen-bond donors (Lipinski definition) is 1. The SMILES string of the molecule is COc1ccc(C(=O)COC(=O)CSCC(=O)Nc2ccccc2F)cc1F. The molecule has 0 bridgehead atoms. The summed E-state index contributed by atoms with van der Waals surface area (Å²) >= 11 is 0.953. The molecular weight excluding hydrogens is 392 g/mol. The Morgan fingerprint density at radius 2 is 1.79 bits per heavy atom. The number of rotatable bonds is 9. The molecular formula is C19H17F2NO5S. The van der Waals surface area contributed by atoms with E-state index in [4.69, 9.17) is 9.47 Å². The average molecular weight is 409 g/mol. The Bertz CT molecular complexity index is 875. The van der Waals surface area contributed by atoms with E-state index in [0.717, 1.165) is 17.8 Å². The largest absolute Gasteiger partial charge is 0.494 e. The lowest BCUT2D eigenvalue weighted by molar-refractivity contribution is -0.139. The van der Waals surface area contributed by atoms with Crippen LogP contribution in [-0.2, 0) is 14.3 Å². The molecule has 2 aromatic rings. The Hall–Kier alpha value is -2.94. The van der Waals surface area contributed by atoms with Gasteiger partial charge in [0.25, 0.3) is 0 Å². The third kappa shape index (κ3) is 6.34. The van der Waals surface area contributed by atoms with Crippen LogP contribution in [0.15, 0.2) is 42.5 Å². The third-order valence-electron chi connectivity index (χ3n) is 3.44. The maximum absolute atomic E-state index is 13.6. The number of amides is 1. The molecule has 1 N–H and O–H groups in total. The molecule has 0 atom stereocenters. The summed E-state index contributed by atoms with van der Waals surface area (Å²) in [6.07, 6.45) is 0. The Morgan fingerprint density at radius 3 is 2.46 bits per heavy atom. The lowest BCUT2D eigenvalue weighted by Crippen LogP contribution is -2.18. The zero-order chi connectivity index (χ0) is 20.5. The number of halogens is 2. The van der Waals surface area contributed by atoms with Gasteiger partial charge in [0.15, 0.2) is 24.0 Å². The molecule has 2 rings (SSSR count). The molecule has 0 spiro atoms. The van der Waals surface area contributed by atoms with E-state index in [1.165, 1.54) is 37.4 Å². The van der Waals surface area contributed by atoms with Gasteiger partial charge in [-0.05, 0) is 30.3 Å². The Kier molecular flexibility index (Phi) is 7.94. The van der Waals surface area contributed by atoms with Gasteiger partial charge >= 0.3 is 5.97 Å². The van der Waals surface area contributed by atoms with Gasteiger partial charge in [-0.25, -0.2) is 8.78 Å². The van der Waals surface area contributed by atoms with E-state index in [2.05, 4.69) is 5.32 Å². The molecule has 6 nitrogen and oxygen atoms in total. The standard InChI is InChI=1S/C19H17F2NO5S/c1-26-17-7-6-12(8-14(17)21)16(23)9-27-19(25)11-28-10-18(24)22-15-5-3-2-4-13(15)20/h2-8H,9-11H2,1H3,(H,22,24). The lowest BCUT2D eigenvalue weighted by Gasteiger charge is -2.07. The van der Waals surface area contributed by atoms with Gasteiger partial charge in [-0.15, -0.1) is 11.8 Å². The predicted molar refractivity (Wildman–Crippen MR) is 101 cm³/mol. The molecule has 9 heteroatoms. The van der Waals surface area contributed by atoms with E-state index in [1.54, 1.807) is 6.07 Å². The molecule has 0 aliphatic carbocycles. The summed E-state index contributed by atoms with van der Waals surface area (Å²) in [5.41, 5.74) is 0.0935. The van der Waals surface area contributed by atoms with Crippen LogP contribution >= 0.6 is 11.8 Å². The maximum atomic E-state index is 13.6. The molecule has 0 radical (unpaired) electrons. The quantitative estimate of drug-likeness (QED) is 0.506. The van der Waals surface area contributed by atoms with Crippen LogP contribution in [0.4, 0.5) is 14.5 Å². The van der Waals surface area contributed by atoms with Crippen LogP contribution in [-0.4, -0.2) is 42.9 Å². The summed E-state index contributed by atoms with van der Waals surface area (Å²) in [6.45, 7) is -0.549. The maximum Gasteiger partial charge on any atom is 0.316 e. The van der Waals surface area contributed by atoms with Gasteiger partial charge in [0.05, 0.1) is 24.3 Å². The second kappa shape index (κ2) is 10.4. The van der Waals surface area contributed by atoms with E-state index in [-0.39, 0.29) is 28.5 Å². The van der Waals surface area contributed by atoms with Crippen LogP contribution in [0.2, 0.25) is 0 Å². The Labute approximate surface area is 164 Å². The van der Waals surface area contributed by atoms with E-state index in [9.17, 15) is 23.2 Å². The molecule has 0 heterocycles. The van der Waals surface area contributed by atoms with Crippen molar-refractivity contribution in [2.45, 2.75) is 0 Å². The first kappa shape index (κ1) is 21.4.